The molecule has 1 N–H and O–H groups in total. The predicted octanol–water partition coefficient (Wildman–Crippen LogP) is 11.9. The molecular weight excluding hydrogens is 687 g/mol. The smallest absolute Gasteiger partial charge is 0.213 e. The van der Waals surface area contributed by atoms with Crippen LogP contribution >= 0.6 is 0 Å². The van der Waals surface area contributed by atoms with Crippen molar-refractivity contribution in [2.45, 2.75) is 6.17 Å². The lowest BCUT2D eigenvalue weighted by Crippen LogP contribution is -2.33. The van der Waals surface area contributed by atoms with Crippen LogP contribution in [0.1, 0.15) is 22.9 Å². The number of amidine groups is 2. The lowest BCUT2D eigenvalue weighted by Gasteiger charge is -2.23. The Morgan fingerprint density at radius 1 is 0.518 bits per heavy atom. The zero-order chi connectivity index (χ0) is 37.0. The zero-order valence-electron chi connectivity index (χ0n) is 30.2. The number of para-hydroxylation sites is 2. The third-order valence-corrected chi connectivity index (χ3v) is 10.7. The Balaban J connectivity index is 1.02. The molecule has 0 aliphatic carbocycles. The van der Waals surface area contributed by atoms with Crippen LogP contribution in [0.2, 0.25) is 0 Å². The lowest BCUT2D eigenvalue weighted by atomic mass is 10.0. The van der Waals surface area contributed by atoms with Crippen LogP contribution in [0.25, 0.3) is 71.9 Å². The molecule has 1 aliphatic heterocycles. The van der Waals surface area contributed by atoms with Gasteiger partial charge in [0.1, 0.15) is 17.7 Å². The second-order valence-electron chi connectivity index (χ2n) is 14.0. The van der Waals surface area contributed by atoms with Gasteiger partial charge in [-0.1, -0.05) is 164 Å². The summed E-state index contributed by atoms with van der Waals surface area (Å²) in [4.78, 5) is 15.1. The van der Waals surface area contributed by atoms with Crippen molar-refractivity contribution in [1.29, 1.82) is 0 Å². The average Bonchev–Trinajstić information content (AvgIpc) is 3.82. The molecule has 7 aromatic carbocycles. The summed E-state index contributed by atoms with van der Waals surface area (Å²) >= 11 is 0. The molecule has 0 spiro atoms. The molecule has 11 rings (SSSR count). The lowest BCUT2D eigenvalue weighted by molar-refractivity contribution is 0.645. The maximum atomic E-state index is 7.00. The molecular formula is C50H33N5O. The Hall–Kier alpha value is -7.57. The van der Waals surface area contributed by atoms with Crippen LogP contribution in [0.4, 0.5) is 0 Å². The summed E-state index contributed by atoms with van der Waals surface area (Å²) in [6.07, 6.45) is -0.251. The Labute approximate surface area is 322 Å². The summed E-state index contributed by atoms with van der Waals surface area (Å²) in [5, 5.41) is 7.98. The molecule has 6 heteroatoms. The van der Waals surface area contributed by atoms with Gasteiger partial charge in [-0.15, -0.1) is 0 Å². The van der Waals surface area contributed by atoms with E-state index in [1.165, 1.54) is 0 Å². The van der Waals surface area contributed by atoms with Crippen LogP contribution in [0.5, 0.6) is 0 Å². The Morgan fingerprint density at radius 3 is 1.95 bits per heavy atom. The number of furan rings is 1. The second-order valence-corrected chi connectivity index (χ2v) is 14.0. The quantitative estimate of drug-likeness (QED) is 0.186. The Morgan fingerprint density at radius 2 is 1.16 bits per heavy atom. The zero-order valence-corrected chi connectivity index (χ0v) is 30.2. The van der Waals surface area contributed by atoms with Crippen LogP contribution in [0, 0.1) is 0 Å². The van der Waals surface area contributed by atoms with Gasteiger partial charge in [0.25, 0.3) is 0 Å². The first-order valence-corrected chi connectivity index (χ1v) is 18.8. The summed E-state index contributed by atoms with van der Waals surface area (Å²) in [6.45, 7) is 0. The normalized spacial score (nSPS) is 14.2. The van der Waals surface area contributed by atoms with Gasteiger partial charge in [0.2, 0.25) is 5.71 Å². The third-order valence-electron chi connectivity index (χ3n) is 10.7. The number of aliphatic imine (C=N–C) groups is 2. The molecule has 1 unspecified atom stereocenters. The number of nitrogens with one attached hydrogen (secondary N) is 1. The first-order chi connectivity index (χ1) is 27.8. The van der Waals surface area contributed by atoms with Gasteiger partial charge >= 0.3 is 0 Å². The number of hydrogen-bond acceptors (Lipinski definition) is 5. The Kier molecular flexibility index (Phi) is 7.45. The second kappa shape index (κ2) is 13.1. The van der Waals surface area contributed by atoms with Gasteiger partial charge in [0, 0.05) is 38.5 Å². The standard InChI is InChI=1S/C50H33N5O/c1-4-15-33(16-5-1)45-46-43(39-23-10-12-25-41(39)51-45)44-40-24-11-13-26-42(40)55(50(44)56-46)38-22-14-21-37(31-38)32-27-29-36(30-28-32)49-53-47(34-17-6-2-7-18-34)52-48(54-49)35-19-8-3-9-20-35/h1-31,47H,(H,52,53,54). The van der Waals surface area contributed by atoms with Gasteiger partial charge in [-0.2, -0.15) is 0 Å². The number of nitrogens with zero attached hydrogens (tertiary/aromatic N) is 4. The maximum Gasteiger partial charge on any atom is 0.213 e. The highest BCUT2D eigenvalue weighted by Gasteiger charge is 2.25. The number of fused-ring (bicyclic) bond motifs is 7. The molecule has 1 atom stereocenters. The molecule has 0 radical (unpaired) electrons. The molecule has 4 heterocycles. The Bertz CT molecular complexity index is 3140. The van der Waals surface area contributed by atoms with E-state index >= 15 is 0 Å². The van der Waals surface area contributed by atoms with Gasteiger partial charge in [0.15, 0.2) is 11.4 Å². The van der Waals surface area contributed by atoms with E-state index in [2.05, 4.69) is 137 Å². The molecule has 0 fully saturated rings. The maximum absolute atomic E-state index is 7.00. The minimum Gasteiger partial charge on any atom is -0.437 e. The minimum absolute atomic E-state index is 0.251. The minimum atomic E-state index is -0.251. The van der Waals surface area contributed by atoms with Crippen molar-refractivity contribution in [3.63, 3.8) is 0 Å². The SMILES string of the molecule is c1ccc(C2=NC(c3ccccc3)NC(c3ccc(-c4cccc(-n5c6ccccc6c6c7c(oc65)c(-c5ccccc5)nc5ccccc57)c4)cc3)=N2)cc1. The highest BCUT2D eigenvalue weighted by Crippen LogP contribution is 2.44. The van der Waals surface area contributed by atoms with E-state index in [0.717, 1.165) is 94.5 Å². The highest BCUT2D eigenvalue weighted by molar-refractivity contribution is 6.28. The van der Waals surface area contributed by atoms with Crippen molar-refractivity contribution >= 4 is 55.5 Å². The van der Waals surface area contributed by atoms with Gasteiger partial charge in [-0.25, -0.2) is 15.0 Å². The molecule has 6 nitrogen and oxygen atoms in total. The summed E-state index contributed by atoms with van der Waals surface area (Å²) in [5.41, 5.74) is 11.8. The van der Waals surface area contributed by atoms with Crippen LogP contribution in [0.15, 0.2) is 202 Å². The van der Waals surface area contributed by atoms with Crippen LogP contribution in [0.3, 0.4) is 0 Å². The monoisotopic (exact) mass is 719 g/mol. The number of pyridine rings is 1. The fourth-order valence-electron chi connectivity index (χ4n) is 8.01. The summed E-state index contributed by atoms with van der Waals surface area (Å²) in [7, 11) is 0. The van der Waals surface area contributed by atoms with Crippen LogP contribution < -0.4 is 5.32 Å². The summed E-state index contributed by atoms with van der Waals surface area (Å²) in [6, 6.07) is 65.0. The molecule has 1 aliphatic rings. The van der Waals surface area contributed by atoms with Crippen LogP contribution in [-0.4, -0.2) is 21.2 Å². The van der Waals surface area contributed by atoms with E-state index < -0.39 is 0 Å². The van der Waals surface area contributed by atoms with Gasteiger partial charge in [-0.05, 0) is 41.0 Å². The predicted molar refractivity (Wildman–Crippen MR) is 229 cm³/mol. The van der Waals surface area contributed by atoms with E-state index in [1.807, 2.05) is 60.7 Å². The molecule has 0 amide bonds. The third kappa shape index (κ3) is 5.30. The first-order valence-electron chi connectivity index (χ1n) is 18.8. The van der Waals surface area contributed by atoms with Crippen molar-refractivity contribution in [2.75, 3.05) is 0 Å². The van der Waals surface area contributed by atoms with E-state index in [-0.39, 0.29) is 6.17 Å². The fourth-order valence-corrected chi connectivity index (χ4v) is 8.01. The van der Waals surface area contributed by atoms with E-state index in [4.69, 9.17) is 19.4 Å². The van der Waals surface area contributed by atoms with E-state index in [0.29, 0.717) is 5.84 Å². The molecule has 264 valence electrons. The molecule has 0 saturated carbocycles. The van der Waals surface area contributed by atoms with E-state index in [9.17, 15) is 0 Å². The van der Waals surface area contributed by atoms with Crippen molar-refractivity contribution in [3.05, 3.63) is 205 Å². The number of benzene rings is 7. The van der Waals surface area contributed by atoms with Crippen LogP contribution in [-0.2, 0) is 0 Å². The molecule has 10 aromatic rings. The number of hydrogen-bond donors (Lipinski definition) is 1. The topological polar surface area (TPSA) is 67.7 Å². The molecule has 0 bridgehead atoms. The van der Waals surface area contributed by atoms with Crippen molar-refractivity contribution in [1.82, 2.24) is 14.9 Å². The van der Waals surface area contributed by atoms with Crippen molar-refractivity contribution in [3.8, 4) is 28.1 Å². The van der Waals surface area contributed by atoms with Gasteiger partial charge < -0.3 is 9.73 Å². The van der Waals surface area contributed by atoms with Crippen molar-refractivity contribution in [2.24, 2.45) is 9.98 Å². The molecule has 3 aromatic heterocycles. The van der Waals surface area contributed by atoms with E-state index in [1.54, 1.807) is 0 Å². The summed E-state index contributed by atoms with van der Waals surface area (Å²) in [5.74, 6) is 1.50. The number of rotatable bonds is 6. The summed E-state index contributed by atoms with van der Waals surface area (Å²) < 4.78 is 9.25. The highest BCUT2D eigenvalue weighted by atomic mass is 16.3. The van der Waals surface area contributed by atoms with Gasteiger partial charge in [-0.3, -0.25) is 4.57 Å². The van der Waals surface area contributed by atoms with Gasteiger partial charge in [0.05, 0.1) is 16.4 Å². The average molecular weight is 720 g/mol. The number of aromatic nitrogens is 2. The van der Waals surface area contributed by atoms with Crippen molar-refractivity contribution < 1.29 is 4.42 Å². The fraction of sp³-hybridized carbons (Fsp3) is 0.0200. The molecule has 0 saturated heterocycles. The largest absolute Gasteiger partial charge is 0.437 e. The first kappa shape index (κ1) is 31.9. The molecule has 56 heavy (non-hydrogen) atoms.